The molecule has 110 valence electrons. The molecule has 1 atom stereocenters. The Morgan fingerprint density at radius 1 is 1.50 bits per heavy atom. The Hall–Kier alpha value is -1.33. The summed E-state index contributed by atoms with van der Waals surface area (Å²) in [6, 6.07) is 5.74. The zero-order valence-corrected chi connectivity index (χ0v) is 13.0. The number of rotatable bonds is 9. The molecule has 1 aromatic rings. The van der Waals surface area contributed by atoms with E-state index in [9.17, 15) is 4.79 Å². The molecule has 0 spiro atoms. The summed E-state index contributed by atoms with van der Waals surface area (Å²) >= 11 is 1.51. The molecule has 0 saturated heterocycles. The average molecular weight is 293 g/mol. The van der Waals surface area contributed by atoms with Crippen molar-refractivity contribution in [2.75, 3.05) is 26.2 Å². The van der Waals surface area contributed by atoms with E-state index in [2.05, 4.69) is 35.6 Å². The zero-order valence-electron chi connectivity index (χ0n) is 12.2. The van der Waals surface area contributed by atoms with Crippen molar-refractivity contribution in [2.24, 2.45) is 0 Å². The lowest BCUT2D eigenvalue weighted by Crippen LogP contribution is -2.41. The van der Waals surface area contributed by atoms with Crippen LogP contribution < -0.4 is 5.32 Å². The maximum atomic E-state index is 12.2. The second-order valence-electron chi connectivity index (χ2n) is 4.29. The number of pyridine rings is 1. The first-order valence-electron chi connectivity index (χ1n) is 6.89. The van der Waals surface area contributed by atoms with Crippen LogP contribution in [0.25, 0.3) is 0 Å². The summed E-state index contributed by atoms with van der Waals surface area (Å²) in [7, 11) is 0. The molecular weight excluding hydrogens is 270 g/mol. The number of hydrogen-bond donors (Lipinski definition) is 1. The fourth-order valence-corrected chi connectivity index (χ4v) is 2.79. The molecule has 4 nitrogen and oxygen atoms in total. The van der Waals surface area contributed by atoms with Crippen molar-refractivity contribution >= 4 is 17.7 Å². The highest BCUT2D eigenvalue weighted by atomic mass is 32.2. The Labute approximate surface area is 125 Å². The number of carbonyl (C=O) groups is 1. The molecule has 20 heavy (non-hydrogen) atoms. The molecule has 0 aliphatic heterocycles. The molecule has 0 radical (unpaired) electrons. The van der Waals surface area contributed by atoms with Crippen LogP contribution >= 0.6 is 11.8 Å². The van der Waals surface area contributed by atoms with E-state index in [-0.39, 0.29) is 11.2 Å². The second-order valence-corrected chi connectivity index (χ2v) is 5.52. The van der Waals surface area contributed by atoms with E-state index >= 15 is 0 Å². The zero-order chi connectivity index (χ0) is 14.8. The molecule has 1 rings (SSSR count). The van der Waals surface area contributed by atoms with E-state index in [0.29, 0.717) is 6.54 Å². The molecule has 0 bridgehead atoms. The topological polar surface area (TPSA) is 45.2 Å². The quantitative estimate of drug-likeness (QED) is 0.560. The van der Waals surface area contributed by atoms with E-state index < -0.39 is 0 Å². The Kier molecular flexibility index (Phi) is 7.99. The van der Waals surface area contributed by atoms with Crippen LogP contribution in [0.5, 0.6) is 0 Å². The van der Waals surface area contributed by atoms with Crippen molar-refractivity contribution in [3.63, 3.8) is 0 Å². The summed E-state index contributed by atoms with van der Waals surface area (Å²) in [5, 5.41) is 3.59. The van der Waals surface area contributed by atoms with Gasteiger partial charge in [0.1, 0.15) is 5.25 Å². The maximum absolute atomic E-state index is 12.2. The standard InChI is InChI=1S/C15H23N3OS/c1-4-10-17-15(19)13(12-18(5-2)6-3)20-14-9-7-8-11-16-14/h4,7-9,11,13H,1,5-6,10,12H2,2-3H3,(H,17,19). The minimum absolute atomic E-state index is 0.0347. The molecule has 0 aromatic carbocycles. The van der Waals surface area contributed by atoms with Gasteiger partial charge in [0, 0.05) is 19.3 Å². The Morgan fingerprint density at radius 3 is 2.80 bits per heavy atom. The van der Waals surface area contributed by atoms with Gasteiger partial charge in [-0.2, -0.15) is 0 Å². The molecule has 1 aromatic heterocycles. The highest BCUT2D eigenvalue weighted by molar-refractivity contribution is 8.00. The summed E-state index contributed by atoms with van der Waals surface area (Å²) in [6.07, 6.45) is 3.44. The lowest BCUT2D eigenvalue weighted by molar-refractivity contribution is -0.120. The molecule has 0 saturated carbocycles. The SMILES string of the molecule is C=CCNC(=O)C(CN(CC)CC)Sc1ccccn1. The van der Waals surface area contributed by atoms with Crippen LogP contribution in [0.1, 0.15) is 13.8 Å². The van der Waals surface area contributed by atoms with Gasteiger partial charge in [0.15, 0.2) is 0 Å². The third-order valence-corrected chi connectivity index (χ3v) is 4.06. The van der Waals surface area contributed by atoms with E-state index in [0.717, 1.165) is 24.7 Å². The summed E-state index contributed by atoms with van der Waals surface area (Å²) in [6.45, 7) is 10.9. The molecule has 0 fully saturated rings. The minimum Gasteiger partial charge on any atom is -0.352 e. The maximum Gasteiger partial charge on any atom is 0.235 e. The predicted octanol–water partition coefficient (Wildman–Crippen LogP) is 2.19. The number of amides is 1. The first-order valence-corrected chi connectivity index (χ1v) is 7.77. The van der Waals surface area contributed by atoms with Crippen LogP contribution in [0, 0.1) is 0 Å². The molecule has 1 heterocycles. The van der Waals surface area contributed by atoms with Crippen molar-refractivity contribution in [2.45, 2.75) is 24.1 Å². The molecule has 1 N–H and O–H groups in total. The number of aromatic nitrogens is 1. The highest BCUT2D eigenvalue weighted by Crippen LogP contribution is 2.21. The first-order chi connectivity index (χ1) is 9.71. The lowest BCUT2D eigenvalue weighted by Gasteiger charge is -2.24. The molecule has 0 aliphatic carbocycles. The summed E-state index contributed by atoms with van der Waals surface area (Å²) in [4.78, 5) is 18.8. The number of hydrogen-bond acceptors (Lipinski definition) is 4. The number of carbonyl (C=O) groups excluding carboxylic acids is 1. The van der Waals surface area contributed by atoms with Gasteiger partial charge in [-0.05, 0) is 25.2 Å². The Morgan fingerprint density at radius 2 is 2.25 bits per heavy atom. The van der Waals surface area contributed by atoms with Gasteiger partial charge in [-0.1, -0.05) is 37.8 Å². The van der Waals surface area contributed by atoms with Gasteiger partial charge in [-0.25, -0.2) is 4.98 Å². The molecule has 1 unspecified atom stereocenters. The Balaban J connectivity index is 2.72. The largest absolute Gasteiger partial charge is 0.352 e. The van der Waals surface area contributed by atoms with Gasteiger partial charge in [0.25, 0.3) is 0 Å². The average Bonchev–Trinajstić information content (AvgIpc) is 2.50. The van der Waals surface area contributed by atoms with Crippen LogP contribution in [0.4, 0.5) is 0 Å². The van der Waals surface area contributed by atoms with Crippen LogP contribution in [-0.2, 0) is 4.79 Å². The Bertz CT molecular complexity index is 407. The smallest absolute Gasteiger partial charge is 0.235 e. The van der Waals surface area contributed by atoms with Crippen molar-refractivity contribution in [3.8, 4) is 0 Å². The third kappa shape index (κ3) is 5.75. The van der Waals surface area contributed by atoms with Crippen molar-refractivity contribution < 1.29 is 4.79 Å². The van der Waals surface area contributed by atoms with Crippen LogP contribution in [0.15, 0.2) is 42.1 Å². The van der Waals surface area contributed by atoms with Gasteiger partial charge in [0.05, 0.1) is 5.03 Å². The molecule has 1 amide bonds. The van der Waals surface area contributed by atoms with E-state index in [1.807, 2.05) is 18.2 Å². The van der Waals surface area contributed by atoms with Gasteiger partial charge < -0.3 is 10.2 Å². The van der Waals surface area contributed by atoms with Crippen LogP contribution in [0.3, 0.4) is 0 Å². The van der Waals surface area contributed by atoms with Crippen molar-refractivity contribution in [1.29, 1.82) is 0 Å². The van der Waals surface area contributed by atoms with Crippen molar-refractivity contribution in [3.05, 3.63) is 37.1 Å². The monoisotopic (exact) mass is 293 g/mol. The fourth-order valence-electron chi connectivity index (χ4n) is 1.74. The minimum atomic E-state index is -0.162. The lowest BCUT2D eigenvalue weighted by atomic mass is 10.3. The van der Waals surface area contributed by atoms with Gasteiger partial charge >= 0.3 is 0 Å². The summed E-state index contributed by atoms with van der Waals surface area (Å²) < 4.78 is 0. The van der Waals surface area contributed by atoms with E-state index in [4.69, 9.17) is 0 Å². The summed E-state index contributed by atoms with van der Waals surface area (Å²) in [5.74, 6) is 0.0347. The van der Waals surface area contributed by atoms with E-state index in [1.165, 1.54) is 11.8 Å². The fraction of sp³-hybridized carbons (Fsp3) is 0.467. The van der Waals surface area contributed by atoms with Crippen LogP contribution in [-0.4, -0.2) is 47.2 Å². The van der Waals surface area contributed by atoms with Gasteiger partial charge in [-0.3, -0.25) is 4.79 Å². The summed E-state index contributed by atoms with van der Waals surface area (Å²) in [5.41, 5.74) is 0. The highest BCUT2D eigenvalue weighted by Gasteiger charge is 2.22. The molecular formula is C15H23N3OS. The second kappa shape index (κ2) is 9.55. The number of thioether (sulfide) groups is 1. The number of nitrogens with one attached hydrogen (secondary N) is 1. The van der Waals surface area contributed by atoms with Gasteiger partial charge in [-0.15, -0.1) is 6.58 Å². The van der Waals surface area contributed by atoms with E-state index in [1.54, 1.807) is 12.3 Å². The van der Waals surface area contributed by atoms with Crippen molar-refractivity contribution in [1.82, 2.24) is 15.2 Å². The normalized spacial score (nSPS) is 12.2. The first kappa shape index (κ1) is 16.7. The van der Waals surface area contributed by atoms with Crippen LogP contribution in [0.2, 0.25) is 0 Å². The predicted molar refractivity (Wildman–Crippen MR) is 84.9 cm³/mol. The third-order valence-electron chi connectivity index (χ3n) is 2.93. The molecule has 5 heteroatoms. The molecule has 0 aliphatic rings. The van der Waals surface area contributed by atoms with Gasteiger partial charge in [0.2, 0.25) is 5.91 Å². The number of nitrogens with zero attached hydrogens (tertiary/aromatic N) is 2.